The first kappa shape index (κ1) is 48.5. The smallest absolute Gasteiger partial charge is 0.416 e. The first-order valence-electron chi connectivity index (χ1n) is 23.7. The van der Waals surface area contributed by atoms with Gasteiger partial charge in [-0.2, -0.15) is 0 Å². The molecule has 0 bridgehead atoms. The Kier molecular flexibility index (Phi) is 13.9. The summed E-state index contributed by atoms with van der Waals surface area (Å²) in [6.45, 7) is 20.1. The van der Waals surface area contributed by atoms with Crippen molar-refractivity contribution in [3.05, 3.63) is 96.1 Å². The number of amides is 4. The molecule has 15 nitrogen and oxygen atoms in total. The van der Waals surface area contributed by atoms with Gasteiger partial charge in [-0.05, 0) is 91.8 Å². The summed E-state index contributed by atoms with van der Waals surface area (Å²) >= 11 is 0. The highest BCUT2D eigenvalue weighted by atomic mass is 28.4. The third-order valence-corrected chi connectivity index (χ3v) is 19.0. The minimum absolute atomic E-state index is 0.0100. The maximum absolute atomic E-state index is 14.6. The largest absolute Gasteiger partial charge is 0.493 e. The summed E-state index contributed by atoms with van der Waals surface area (Å²) in [5, 5.41) is -0.178. The zero-order chi connectivity index (χ0) is 48.5. The fourth-order valence-electron chi connectivity index (χ4n) is 9.58. The van der Waals surface area contributed by atoms with Crippen molar-refractivity contribution in [1.29, 1.82) is 0 Å². The Morgan fingerprint density at radius 2 is 1.35 bits per heavy atom. The van der Waals surface area contributed by atoms with Crippen LogP contribution in [0.1, 0.15) is 91.1 Å². The van der Waals surface area contributed by atoms with E-state index in [0.29, 0.717) is 91.1 Å². The van der Waals surface area contributed by atoms with E-state index in [-0.39, 0.29) is 54.1 Å². The molecule has 1 saturated heterocycles. The Labute approximate surface area is 401 Å². The molecule has 0 N–H and O–H groups in total. The molecule has 0 unspecified atom stereocenters. The van der Waals surface area contributed by atoms with Crippen molar-refractivity contribution in [3.8, 4) is 23.0 Å². The Morgan fingerprint density at radius 3 is 1.94 bits per heavy atom. The predicted molar refractivity (Wildman–Crippen MR) is 261 cm³/mol. The average molecular weight is 951 g/mol. The molecular weight excluding hydrogens is 885 g/mol. The average Bonchev–Trinajstić information content (AvgIpc) is 4.01. The topological polar surface area (TPSA) is 146 Å². The fraction of sp³-hybridized carbons (Fsp3) is 0.500. The number of unbranched alkanes of at least 4 members (excludes halogenated alkanes) is 2. The van der Waals surface area contributed by atoms with Gasteiger partial charge in [-0.3, -0.25) is 14.5 Å². The summed E-state index contributed by atoms with van der Waals surface area (Å²) < 4.78 is 42.7. The zero-order valence-corrected chi connectivity index (χ0v) is 41.6. The lowest BCUT2D eigenvalue weighted by molar-refractivity contribution is 0.0528. The summed E-state index contributed by atoms with van der Waals surface area (Å²) in [5.74, 6) is 1.13. The molecule has 4 amide bonds. The second kappa shape index (κ2) is 19.5. The molecule has 3 aromatic carbocycles. The number of benzene rings is 3. The Morgan fingerprint density at radius 1 is 0.779 bits per heavy atom. The molecule has 0 aromatic heterocycles. The molecule has 2 fully saturated rings. The first-order chi connectivity index (χ1) is 32.5. The molecule has 3 aromatic rings. The number of ether oxygens (including phenoxy) is 6. The van der Waals surface area contributed by atoms with Gasteiger partial charge in [-0.15, -0.1) is 0 Å². The van der Waals surface area contributed by atoms with Crippen LogP contribution in [0.3, 0.4) is 0 Å². The molecule has 68 heavy (non-hydrogen) atoms. The number of hydrogen-bond acceptors (Lipinski definition) is 11. The molecule has 8 rings (SSSR count). The van der Waals surface area contributed by atoms with Crippen molar-refractivity contribution < 1.29 is 52.0 Å². The molecular formula is C52H66N4O11Si. The van der Waals surface area contributed by atoms with Gasteiger partial charge in [-0.1, -0.05) is 70.3 Å². The lowest BCUT2D eigenvalue weighted by Gasteiger charge is -2.44. The van der Waals surface area contributed by atoms with E-state index in [0.717, 1.165) is 36.8 Å². The van der Waals surface area contributed by atoms with Crippen LogP contribution in [0, 0.1) is 5.41 Å². The standard InChI is InChI=1S/C52H66N4O11Si/c1-10-21-65-49(59)54-32-36-25-34-17-13-14-18-35(34)31-53(36)46(57)37-26-42(61-6)44(28-39(37)54)63-23-15-12-16-24-64-45-29-40-38(27-43(45)62-7)47(58)55-33-52(19-20-52)30-41(55)48(56(40)50(60)66-22-11-2)67-68(8,9)51(3,4)5/h10-11,13-14,17-18,26-29,36,41,48H,1-2,12,15-16,19-25,30-33H2,3-9H3/t36-,41-,48-/m0/s1. The van der Waals surface area contributed by atoms with Crippen LogP contribution in [0.5, 0.6) is 23.0 Å². The van der Waals surface area contributed by atoms with Crippen LogP contribution in [0.25, 0.3) is 0 Å². The number of hydrogen-bond donors (Lipinski definition) is 0. The van der Waals surface area contributed by atoms with Gasteiger partial charge in [0.05, 0.1) is 68.6 Å². The van der Waals surface area contributed by atoms with Gasteiger partial charge in [0.15, 0.2) is 37.5 Å². The van der Waals surface area contributed by atoms with Crippen LogP contribution in [-0.2, 0) is 26.9 Å². The van der Waals surface area contributed by atoms with Crippen molar-refractivity contribution in [1.82, 2.24) is 9.80 Å². The van der Waals surface area contributed by atoms with Crippen LogP contribution in [0.15, 0.2) is 73.8 Å². The SMILES string of the molecule is C=CCOC(=O)N1C[C@@H]2Cc3ccccc3CN2C(=O)c2cc(OC)c(OCCCCCOc3cc4c(cc3OC)C(=O)N3CC5(CC5)C[C@H]3[C@H](O[Si](C)(C)C(C)(C)C)N4C(=O)OCC=C)cc21. The van der Waals surface area contributed by atoms with Crippen LogP contribution < -0.4 is 28.7 Å². The number of carbonyl (C=O) groups is 4. The molecule has 1 saturated carbocycles. The highest BCUT2D eigenvalue weighted by Crippen LogP contribution is 2.58. The minimum atomic E-state index is -2.52. The zero-order valence-electron chi connectivity index (χ0n) is 40.6. The minimum Gasteiger partial charge on any atom is -0.493 e. The van der Waals surface area contributed by atoms with E-state index in [1.165, 1.54) is 36.2 Å². The van der Waals surface area contributed by atoms with Crippen molar-refractivity contribution in [2.45, 2.75) is 109 Å². The van der Waals surface area contributed by atoms with E-state index in [2.05, 4.69) is 53.1 Å². The molecule has 364 valence electrons. The maximum Gasteiger partial charge on any atom is 0.416 e. The maximum atomic E-state index is 14.6. The number of carbonyl (C=O) groups excluding carboxylic acids is 4. The normalized spacial score (nSPS) is 20.2. The molecule has 1 spiro atoms. The Balaban J connectivity index is 0.977. The number of anilines is 2. The molecule has 5 aliphatic rings. The summed E-state index contributed by atoms with van der Waals surface area (Å²) in [4.78, 5) is 63.5. The van der Waals surface area contributed by atoms with E-state index in [1.54, 1.807) is 24.3 Å². The molecule has 0 radical (unpaired) electrons. The van der Waals surface area contributed by atoms with Crippen LogP contribution in [-0.4, -0.2) is 114 Å². The number of fused-ring (bicyclic) bond motifs is 5. The highest BCUT2D eigenvalue weighted by Gasteiger charge is 2.59. The summed E-state index contributed by atoms with van der Waals surface area (Å²) in [6.07, 6.45) is 6.43. The van der Waals surface area contributed by atoms with E-state index >= 15 is 0 Å². The van der Waals surface area contributed by atoms with Gasteiger partial charge in [0.1, 0.15) is 13.2 Å². The van der Waals surface area contributed by atoms with Crippen molar-refractivity contribution >= 4 is 43.7 Å². The lowest BCUT2D eigenvalue weighted by Crippen LogP contribution is -2.58. The Hall–Kier alpha value is -6.00. The van der Waals surface area contributed by atoms with Crippen molar-refractivity contribution in [2.24, 2.45) is 5.41 Å². The lowest BCUT2D eigenvalue weighted by atomic mass is 9.93. The number of methoxy groups -OCH3 is 2. The predicted octanol–water partition coefficient (Wildman–Crippen LogP) is 9.53. The second-order valence-electron chi connectivity index (χ2n) is 20.0. The second-order valence-corrected chi connectivity index (χ2v) is 24.8. The van der Waals surface area contributed by atoms with E-state index < -0.39 is 26.7 Å². The van der Waals surface area contributed by atoms with Gasteiger partial charge in [-0.25, -0.2) is 14.5 Å². The summed E-state index contributed by atoms with van der Waals surface area (Å²) in [7, 11) is 0.535. The molecule has 4 aliphatic heterocycles. The van der Waals surface area contributed by atoms with Crippen LogP contribution in [0.2, 0.25) is 18.1 Å². The van der Waals surface area contributed by atoms with Gasteiger partial charge in [0.2, 0.25) is 0 Å². The third-order valence-electron chi connectivity index (χ3n) is 14.5. The molecule has 3 atom stereocenters. The molecule has 1 aliphatic carbocycles. The quantitative estimate of drug-likeness (QED) is 0.0769. The number of rotatable bonds is 16. The van der Waals surface area contributed by atoms with Gasteiger partial charge in [0.25, 0.3) is 11.8 Å². The summed E-state index contributed by atoms with van der Waals surface area (Å²) in [5.41, 5.74) is 3.63. The molecule has 4 heterocycles. The van der Waals surface area contributed by atoms with Gasteiger partial charge in [0, 0.05) is 25.2 Å². The van der Waals surface area contributed by atoms with E-state index in [9.17, 15) is 19.2 Å². The highest BCUT2D eigenvalue weighted by molar-refractivity contribution is 6.74. The van der Waals surface area contributed by atoms with E-state index in [4.69, 9.17) is 32.8 Å². The van der Waals surface area contributed by atoms with Crippen LogP contribution in [0.4, 0.5) is 21.0 Å². The van der Waals surface area contributed by atoms with Crippen molar-refractivity contribution in [3.63, 3.8) is 0 Å². The fourth-order valence-corrected chi connectivity index (χ4v) is 10.8. The van der Waals surface area contributed by atoms with Crippen molar-refractivity contribution in [2.75, 3.05) is 63.5 Å². The van der Waals surface area contributed by atoms with Gasteiger partial charge >= 0.3 is 12.2 Å². The third kappa shape index (κ3) is 9.53. The summed E-state index contributed by atoms with van der Waals surface area (Å²) in [6, 6.07) is 14.1. The number of nitrogens with zero attached hydrogens (tertiary/aromatic N) is 4. The van der Waals surface area contributed by atoms with E-state index in [1.807, 2.05) is 28.0 Å². The Bertz CT molecular complexity index is 2450. The monoisotopic (exact) mass is 950 g/mol. The first-order valence-corrected chi connectivity index (χ1v) is 26.6. The van der Waals surface area contributed by atoms with Crippen LogP contribution >= 0.6 is 0 Å². The molecule has 16 heteroatoms. The van der Waals surface area contributed by atoms with Gasteiger partial charge < -0.3 is 42.6 Å².